The van der Waals surface area contributed by atoms with Crippen LogP contribution in [-0.4, -0.2) is 50.0 Å². The Morgan fingerprint density at radius 1 is 1.44 bits per heavy atom. The fraction of sp³-hybridized carbons (Fsp3) is 0.615. The van der Waals surface area contributed by atoms with E-state index in [1.54, 1.807) is 6.20 Å². The van der Waals surface area contributed by atoms with Gasteiger partial charge in [-0.25, -0.2) is 4.98 Å². The van der Waals surface area contributed by atoms with E-state index in [0.29, 0.717) is 13.2 Å². The summed E-state index contributed by atoms with van der Waals surface area (Å²) in [5, 5.41) is 11.9. The number of hydrogen-bond donors (Lipinski definition) is 2. The molecule has 0 saturated heterocycles. The van der Waals surface area contributed by atoms with Gasteiger partial charge in [-0.05, 0) is 12.5 Å². The van der Waals surface area contributed by atoms with Crippen molar-refractivity contribution < 1.29 is 9.84 Å². The quantitative estimate of drug-likeness (QED) is 0.651. The van der Waals surface area contributed by atoms with Crippen molar-refractivity contribution in [3.05, 3.63) is 18.3 Å². The first kappa shape index (κ1) is 14.7. The number of ether oxygens (including phenoxy) is 1. The molecule has 102 valence electrons. The summed E-state index contributed by atoms with van der Waals surface area (Å²) in [4.78, 5) is 6.37. The molecule has 1 aromatic rings. The van der Waals surface area contributed by atoms with Gasteiger partial charge in [0.25, 0.3) is 0 Å². The molecule has 0 aliphatic carbocycles. The van der Waals surface area contributed by atoms with E-state index in [4.69, 9.17) is 9.84 Å². The van der Waals surface area contributed by atoms with E-state index < -0.39 is 0 Å². The van der Waals surface area contributed by atoms with Crippen LogP contribution in [0.4, 0.5) is 11.5 Å². The maximum absolute atomic E-state index is 8.61. The predicted molar refractivity (Wildman–Crippen MR) is 74.2 cm³/mol. The molecule has 0 atom stereocenters. The van der Waals surface area contributed by atoms with Gasteiger partial charge in [0.1, 0.15) is 5.82 Å². The number of likely N-dealkylation sites (N-methyl/N-ethyl adjacent to an activating group) is 1. The minimum absolute atomic E-state index is 0.0735. The van der Waals surface area contributed by atoms with Crippen molar-refractivity contribution >= 4 is 11.5 Å². The summed E-state index contributed by atoms with van der Waals surface area (Å²) in [6.45, 7) is 4.92. The number of aromatic nitrogens is 1. The van der Waals surface area contributed by atoms with Crippen LogP contribution in [0.3, 0.4) is 0 Å². The van der Waals surface area contributed by atoms with E-state index >= 15 is 0 Å². The van der Waals surface area contributed by atoms with Crippen molar-refractivity contribution in [3.63, 3.8) is 0 Å². The number of aliphatic hydroxyl groups excluding tert-OH is 1. The van der Waals surface area contributed by atoms with Gasteiger partial charge in [0.15, 0.2) is 0 Å². The van der Waals surface area contributed by atoms with Crippen LogP contribution in [0.25, 0.3) is 0 Å². The Labute approximate surface area is 109 Å². The first-order chi connectivity index (χ1) is 8.77. The van der Waals surface area contributed by atoms with Crippen LogP contribution in [0.5, 0.6) is 0 Å². The molecule has 5 heteroatoms. The maximum Gasteiger partial charge on any atom is 0.127 e. The lowest BCUT2D eigenvalue weighted by Crippen LogP contribution is -2.23. The number of nitrogens with one attached hydrogen (secondary N) is 1. The number of hydrogen-bond acceptors (Lipinski definition) is 5. The number of rotatable bonds is 9. The molecular formula is C13H23N3O2. The van der Waals surface area contributed by atoms with Gasteiger partial charge in [-0.2, -0.15) is 0 Å². The molecule has 2 N–H and O–H groups in total. The van der Waals surface area contributed by atoms with Crippen molar-refractivity contribution in [3.8, 4) is 0 Å². The van der Waals surface area contributed by atoms with Crippen LogP contribution < -0.4 is 10.2 Å². The molecule has 0 fully saturated rings. The summed E-state index contributed by atoms with van der Waals surface area (Å²) in [7, 11) is 2.02. The summed E-state index contributed by atoms with van der Waals surface area (Å²) in [6.07, 6.45) is 2.88. The van der Waals surface area contributed by atoms with Gasteiger partial charge in [-0.3, -0.25) is 0 Å². The maximum atomic E-state index is 8.61. The third-order valence-electron chi connectivity index (χ3n) is 2.55. The molecule has 0 saturated carbocycles. The molecule has 0 aromatic carbocycles. The first-order valence-corrected chi connectivity index (χ1v) is 6.37. The van der Waals surface area contributed by atoms with Gasteiger partial charge in [0.2, 0.25) is 0 Å². The van der Waals surface area contributed by atoms with Crippen LogP contribution in [-0.2, 0) is 4.74 Å². The summed E-state index contributed by atoms with van der Waals surface area (Å²) >= 11 is 0. The SMILES string of the molecule is CCCNc1cc(N(C)CCOCCO)ccn1. The highest BCUT2D eigenvalue weighted by Gasteiger charge is 2.02. The van der Waals surface area contributed by atoms with E-state index in [1.807, 2.05) is 19.2 Å². The molecule has 1 rings (SSSR count). The third-order valence-corrected chi connectivity index (χ3v) is 2.55. The van der Waals surface area contributed by atoms with Crippen molar-refractivity contribution in [2.24, 2.45) is 0 Å². The van der Waals surface area contributed by atoms with Crippen molar-refractivity contribution in [1.82, 2.24) is 4.98 Å². The first-order valence-electron chi connectivity index (χ1n) is 6.37. The highest BCUT2D eigenvalue weighted by atomic mass is 16.5. The molecule has 0 aliphatic heterocycles. The Morgan fingerprint density at radius 3 is 3.00 bits per heavy atom. The highest BCUT2D eigenvalue weighted by Crippen LogP contribution is 2.15. The Balaban J connectivity index is 2.43. The highest BCUT2D eigenvalue weighted by molar-refractivity contribution is 5.53. The molecule has 1 aromatic heterocycles. The summed E-state index contributed by atoms with van der Waals surface area (Å²) < 4.78 is 5.25. The van der Waals surface area contributed by atoms with Crippen LogP contribution in [0, 0.1) is 0 Å². The average molecular weight is 253 g/mol. The fourth-order valence-corrected chi connectivity index (χ4v) is 1.50. The second-order valence-corrected chi connectivity index (χ2v) is 4.08. The zero-order valence-corrected chi connectivity index (χ0v) is 11.2. The van der Waals surface area contributed by atoms with Crippen molar-refractivity contribution in [2.75, 3.05) is 50.2 Å². The average Bonchev–Trinajstić information content (AvgIpc) is 2.41. The second kappa shape index (κ2) is 8.72. The van der Waals surface area contributed by atoms with E-state index in [2.05, 4.69) is 22.1 Å². The van der Waals surface area contributed by atoms with Gasteiger partial charge in [0.05, 0.1) is 19.8 Å². The van der Waals surface area contributed by atoms with Gasteiger partial charge < -0.3 is 20.1 Å². The van der Waals surface area contributed by atoms with Crippen molar-refractivity contribution in [1.29, 1.82) is 0 Å². The molecule has 0 bridgehead atoms. The number of nitrogens with zero attached hydrogens (tertiary/aromatic N) is 2. The third kappa shape index (κ3) is 5.33. The zero-order valence-electron chi connectivity index (χ0n) is 11.2. The second-order valence-electron chi connectivity index (χ2n) is 4.08. The Bertz CT molecular complexity index is 334. The fourth-order valence-electron chi connectivity index (χ4n) is 1.50. The minimum Gasteiger partial charge on any atom is -0.394 e. The van der Waals surface area contributed by atoms with E-state index in [9.17, 15) is 0 Å². The lowest BCUT2D eigenvalue weighted by molar-refractivity contribution is 0.0971. The zero-order chi connectivity index (χ0) is 13.2. The lowest BCUT2D eigenvalue weighted by atomic mass is 10.3. The monoisotopic (exact) mass is 253 g/mol. The molecule has 0 unspecified atom stereocenters. The number of aliphatic hydroxyl groups is 1. The standard InChI is InChI=1S/C13H23N3O2/c1-3-5-14-13-11-12(4-6-15-13)16(2)7-9-18-10-8-17/h4,6,11,17H,3,5,7-10H2,1-2H3,(H,14,15). The minimum atomic E-state index is 0.0735. The molecular weight excluding hydrogens is 230 g/mol. The number of pyridine rings is 1. The van der Waals surface area contributed by atoms with Gasteiger partial charge >= 0.3 is 0 Å². The van der Waals surface area contributed by atoms with Crippen molar-refractivity contribution in [2.45, 2.75) is 13.3 Å². The van der Waals surface area contributed by atoms with Crippen LogP contribution in [0.1, 0.15) is 13.3 Å². The predicted octanol–water partition coefficient (Wildman–Crippen LogP) is 1.35. The summed E-state index contributed by atoms with van der Waals surface area (Å²) in [5.74, 6) is 0.900. The van der Waals surface area contributed by atoms with E-state index in [0.717, 1.165) is 31.0 Å². The molecule has 18 heavy (non-hydrogen) atoms. The molecule has 0 spiro atoms. The molecule has 1 heterocycles. The smallest absolute Gasteiger partial charge is 0.127 e. The van der Waals surface area contributed by atoms with Crippen LogP contribution in [0.15, 0.2) is 18.3 Å². The van der Waals surface area contributed by atoms with Gasteiger partial charge in [-0.15, -0.1) is 0 Å². The topological polar surface area (TPSA) is 57.6 Å². The molecule has 0 radical (unpaired) electrons. The van der Waals surface area contributed by atoms with E-state index in [-0.39, 0.29) is 6.61 Å². The molecule has 0 aliphatic rings. The summed E-state index contributed by atoms with van der Waals surface area (Å²) in [5.41, 5.74) is 1.11. The van der Waals surface area contributed by atoms with Gasteiger partial charge in [-0.1, -0.05) is 6.92 Å². The van der Waals surface area contributed by atoms with Crippen LogP contribution >= 0.6 is 0 Å². The largest absolute Gasteiger partial charge is 0.394 e. The Kier molecular flexibility index (Phi) is 7.13. The Morgan fingerprint density at radius 2 is 2.28 bits per heavy atom. The normalized spacial score (nSPS) is 10.4. The van der Waals surface area contributed by atoms with Crippen LogP contribution in [0.2, 0.25) is 0 Å². The molecule has 5 nitrogen and oxygen atoms in total. The Hall–Kier alpha value is -1.33. The number of anilines is 2. The molecule has 0 amide bonds. The lowest BCUT2D eigenvalue weighted by Gasteiger charge is -2.19. The summed E-state index contributed by atoms with van der Waals surface area (Å²) in [6, 6.07) is 4.00. The van der Waals surface area contributed by atoms with E-state index in [1.165, 1.54) is 0 Å². The van der Waals surface area contributed by atoms with Gasteiger partial charge in [0, 0.05) is 38.1 Å².